The van der Waals surface area contributed by atoms with Crippen LogP contribution in [0.5, 0.6) is 11.5 Å². The lowest BCUT2D eigenvalue weighted by molar-refractivity contribution is -0.123. The summed E-state index contributed by atoms with van der Waals surface area (Å²) in [7, 11) is 0. The van der Waals surface area contributed by atoms with E-state index < -0.39 is 17.6 Å². The summed E-state index contributed by atoms with van der Waals surface area (Å²) in [4.78, 5) is 23.8. The van der Waals surface area contributed by atoms with Crippen LogP contribution in [-0.2, 0) is 9.53 Å². The molecule has 2 aromatic rings. The highest BCUT2D eigenvalue weighted by Crippen LogP contribution is 2.16. The smallest absolute Gasteiger partial charge is 0.276 e. The summed E-state index contributed by atoms with van der Waals surface area (Å²) in [6.07, 6.45) is 2.16. The van der Waals surface area contributed by atoms with Gasteiger partial charge in [-0.25, -0.2) is 4.39 Å². The van der Waals surface area contributed by atoms with Gasteiger partial charge in [0.05, 0.1) is 6.10 Å². The molecule has 148 valence electrons. The first-order valence-corrected chi connectivity index (χ1v) is 8.92. The maximum Gasteiger partial charge on any atom is 0.276 e. The Labute approximate surface area is 161 Å². The van der Waals surface area contributed by atoms with E-state index in [9.17, 15) is 14.0 Å². The Hall–Kier alpha value is -3.13. The Balaban J connectivity index is 1.38. The third-order valence-corrected chi connectivity index (χ3v) is 4.08. The Morgan fingerprint density at radius 1 is 1.00 bits per heavy atom. The third-order valence-electron chi connectivity index (χ3n) is 4.08. The minimum atomic E-state index is -0.547. The van der Waals surface area contributed by atoms with Gasteiger partial charge in [-0.05, 0) is 61.4 Å². The molecule has 3 rings (SSSR count). The summed E-state index contributed by atoms with van der Waals surface area (Å²) in [5, 5.41) is 0. The second kappa shape index (κ2) is 9.70. The lowest BCUT2D eigenvalue weighted by Gasteiger charge is -2.12. The van der Waals surface area contributed by atoms with Crippen LogP contribution in [0, 0.1) is 5.82 Å². The first-order chi connectivity index (χ1) is 13.6. The predicted octanol–water partition coefficient (Wildman–Crippen LogP) is 2.22. The SMILES string of the molecule is O=C(COc1ccc(F)cc1)NNC(=O)c1ccc(OC[C@@H]2CCCO2)cc1. The van der Waals surface area contributed by atoms with Gasteiger partial charge in [0.1, 0.15) is 23.9 Å². The molecular formula is C20H21FN2O5. The molecule has 0 saturated carbocycles. The van der Waals surface area contributed by atoms with Gasteiger partial charge in [0.25, 0.3) is 11.8 Å². The minimum absolute atomic E-state index is 0.121. The topological polar surface area (TPSA) is 85.9 Å². The standard InChI is InChI=1S/C20H21FN2O5/c21-15-5-9-17(10-6-15)28-13-19(24)22-23-20(25)14-3-7-16(8-4-14)27-12-18-2-1-11-26-18/h3-10,18H,1-2,11-13H2,(H,22,24)(H,23,25)/t18-/m0/s1. The zero-order valence-corrected chi connectivity index (χ0v) is 15.2. The van der Waals surface area contributed by atoms with Crippen LogP contribution >= 0.6 is 0 Å². The molecule has 7 nitrogen and oxygen atoms in total. The van der Waals surface area contributed by atoms with Gasteiger partial charge in [-0.2, -0.15) is 0 Å². The van der Waals surface area contributed by atoms with Crippen LogP contribution in [0.3, 0.4) is 0 Å². The number of rotatable bonds is 7. The van der Waals surface area contributed by atoms with Crippen molar-refractivity contribution in [1.82, 2.24) is 10.9 Å². The van der Waals surface area contributed by atoms with Crippen LogP contribution in [0.4, 0.5) is 4.39 Å². The average molecular weight is 388 g/mol. The van der Waals surface area contributed by atoms with Gasteiger partial charge in [-0.1, -0.05) is 0 Å². The third kappa shape index (κ3) is 5.95. The number of ether oxygens (including phenoxy) is 3. The van der Waals surface area contributed by atoms with E-state index in [0.29, 0.717) is 23.7 Å². The molecule has 28 heavy (non-hydrogen) atoms. The molecule has 1 heterocycles. The fraction of sp³-hybridized carbons (Fsp3) is 0.300. The number of nitrogens with one attached hydrogen (secondary N) is 2. The summed E-state index contributed by atoms with van der Waals surface area (Å²) in [6.45, 7) is 0.936. The number of carbonyl (C=O) groups is 2. The van der Waals surface area contributed by atoms with E-state index in [1.165, 1.54) is 24.3 Å². The maximum absolute atomic E-state index is 12.8. The normalized spacial score (nSPS) is 15.7. The van der Waals surface area contributed by atoms with Gasteiger partial charge in [-0.3, -0.25) is 20.4 Å². The van der Waals surface area contributed by atoms with Gasteiger partial charge >= 0.3 is 0 Å². The lowest BCUT2D eigenvalue weighted by Crippen LogP contribution is -2.43. The molecule has 2 aromatic carbocycles. The molecule has 0 aliphatic carbocycles. The largest absolute Gasteiger partial charge is 0.491 e. The molecule has 0 unspecified atom stereocenters. The van der Waals surface area contributed by atoms with E-state index in [1.807, 2.05) is 0 Å². The molecule has 0 aromatic heterocycles. The number of benzene rings is 2. The number of hydrogen-bond acceptors (Lipinski definition) is 5. The van der Waals surface area contributed by atoms with E-state index in [2.05, 4.69) is 10.9 Å². The number of halogens is 1. The molecule has 0 radical (unpaired) electrons. The van der Waals surface area contributed by atoms with Crippen molar-refractivity contribution in [1.29, 1.82) is 0 Å². The Bertz CT molecular complexity index is 789. The van der Waals surface area contributed by atoms with E-state index >= 15 is 0 Å². The van der Waals surface area contributed by atoms with Crippen molar-refractivity contribution in [3.8, 4) is 11.5 Å². The molecule has 0 spiro atoms. The van der Waals surface area contributed by atoms with Crippen molar-refractivity contribution in [3.05, 3.63) is 59.9 Å². The van der Waals surface area contributed by atoms with Gasteiger partial charge < -0.3 is 14.2 Å². The molecule has 0 bridgehead atoms. The van der Waals surface area contributed by atoms with Crippen molar-refractivity contribution in [2.24, 2.45) is 0 Å². The highest BCUT2D eigenvalue weighted by Gasteiger charge is 2.16. The van der Waals surface area contributed by atoms with Crippen LogP contribution in [-0.4, -0.2) is 37.7 Å². The quantitative estimate of drug-likeness (QED) is 0.711. The summed E-state index contributed by atoms with van der Waals surface area (Å²) in [5.41, 5.74) is 4.92. The maximum atomic E-state index is 12.8. The van der Waals surface area contributed by atoms with E-state index in [1.54, 1.807) is 24.3 Å². The number of carbonyl (C=O) groups excluding carboxylic acids is 2. The molecule has 1 fully saturated rings. The first-order valence-electron chi connectivity index (χ1n) is 8.92. The monoisotopic (exact) mass is 388 g/mol. The van der Waals surface area contributed by atoms with Gasteiger partial charge in [0, 0.05) is 12.2 Å². The Morgan fingerprint density at radius 3 is 2.36 bits per heavy atom. The highest BCUT2D eigenvalue weighted by molar-refractivity contribution is 5.95. The van der Waals surface area contributed by atoms with Gasteiger partial charge in [0.15, 0.2) is 6.61 Å². The summed E-state index contributed by atoms with van der Waals surface area (Å²) < 4.78 is 29.1. The van der Waals surface area contributed by atoms with Crippen molar-refractivity contribution in [3.63, 3.8) is 0 Å². The van der Waals surface area contributed by atoms with Crippen molar-refractivity contribution in [2.45, 2.75) is 18.9 Å². The van der Waals surface area contributed by atoms with Crippen LogP contribution in [0.2, 0.25) is 0 Å². The summed E-state index contributed by atoms with van der Waals surface area (Å²) in [5.74, 6) is -0.424. The van der Waals surface area contributed by atoms with E-state index in [-0.39, 0.29) is 12.7 Å². The van der Waals surface area contributed by atoms with E-state index in [4.69, 9.17) is 14.2 Å². The number of amides is 2. The molecule has 1 saturated heterocycles. The second-order valence-corrected chi connectivity index (χ2v) is 6.22. The summed E-state index contributed by atoms with van der Waals surface area (Å²) >= 11 is 0. The van der Waals surface area contributed by atoms with Crippen molar-refractivity contribution < 1.29 is 28.2 Å². The van der Waals surface area contributed by atoms with Gasteiger partial charge in [-0.15, -0.1) is 0 Å². The first kappa shape index (κ1) is 19.6. The molecule has 2 amide bonds. The number of hydrogen-bond donors (Lipinski definition) is 2. The van der Waals surface area contributed by atoms with Crippen LogP contribution in [0.15, 0.2) is 48.5 Å². The van der Waals surface area contributed by atoms with Crippen LogP contribution in [0.25, 0.3) is 0 Å². The Morgan fingerprint density at radius 2 is 1.68 bits per heavy atom. The van der Waals surface area contributed by atoms with Crippen LogP contribution < -0.4 is 20.3 Å². The fourth-order valence-electron chi connectivity index (χ4n) is 2.58. The van der Waals surface area contributed by atoms with Crippen molar-refractivity contribution in [2.75, 3.05) is 19.8 Å². The fourth-order valence-corrected chi connectivity index (χ4v) is 2.58. The van der Waals surface area contributed by atoms with Crippen molar-refractivity contribution >= 4 is 11.8 Å². The average Bonchev–Trinajstić information content (AvgIpc) is 3.24. The minimum Gasteiger partial charge on any atom is -0.491 e. The zero-order chi connectivity index (χ0) is 19.8. The van der Waals surface area contributed by atoms with Crippen LogP contribution in [0.1, 0.15) is 23.2 Å². The molecule has 1 aliphatic heterocycles. The molecule has 1 atom stereocenters. The molecular weight excluding hydrogens is 367 g/mol. The Kier molecular flexibility index (Phi) is 6.80. The predicted molar refractivity (Wildman–Crippen MR) is 98.4 cm³/mol. The number of hydrazine groups is 1. The van der Waals surface area contributed by atoms with Gasteiger partial charge in [0.2, 0.25) is 0 Å². The highest BCUT2D eigenvalue weighted by atomic mass is 19.1. The zero-order valence-electron chi connectivity index (χ0n) is 15.2. The molecule has 8 heteroatoms. The second-order valence-electron chi connectivity index (χ2n) is 6.22. The summed E-state index contributed by atoms with van der Waals surface area (Å²) in [6, 6.07) is 11.8. The molecule has 2 N–H and O–H groups in total. The van der Waals surface area contributed by atoms with E-state index in [0.717, 1.165) is 19.4 Å². The molecule has 1 aliphatic rings. The lowest BCUT2D eigenvalue weighted by atomic mass is 10.2.